The number of hydrogen-bond acceptors (Lipinski definition) is 5. The van der Waals surface area contributed by atoms with Crippen LogP contribution in [-0.4, -0.2) is 39.0 Å². The van der Waals surface area contributed by atoms with Gasteiger partial charge in [0, 0.05) is 10.9 Å². The summed E-state index contributed by atoms with van der Waals surface area (Å²) in [6.07, 6.45) is 0.876. The molecule has 1 aromatic carbocycles. The number of nitrogens with one attached hydrogen (secondary N) is 1. The predicted molar refractivity (Wildman–Crippen MR) is 96.7 cm³/mol. The molecule has 24 heavy (non-hydrogen) atoms. The average Bonchev–Trinajstić information content (AvgIpc) is 3.06. The van der Waals surface area contributed by atoms with Gasteiger partial charge in [-0.2, -0.15) is 11.8 Å². The minimum Gasteiger partial charge on any atom is -0.480 e. The Hall–Kier alpha value is -1.86. The van der Waals surface area contributed by atoms with E-state index in [0.717, 1.165) is 27.6 Å². The van der Waals surface area contributed by atoms with E-state index in [4.69, 9.17) is 0 Å². The number of aliphatic carboxylic acids is 1. The molecule has 0 spiro atoms. The molecule has 0 radical (unpaired) electrons. The van der Waals surface area contributed by atoms with Gasteiger partial charge in [-0.25, -0.2) is 9.78 Å². The summed E-state index contributed by atoms with van der Waals surface area (Å²) in [5.41, 5.74) is 1.18. The van der Waals surface area contributed by atoms with Gasteiger partial charge in [0.1, 0.15) is 16.2 Å². The van der Waals surface area contributed by atoms with Crippen molar-refractivity contribution in [1.82, 2.24) is 10.3 Å². The Morgan fingerprint density at radius 1 is 1.25 bits per heavy atom. The number of benzene rings is 1. The fraction of sp³-hybridized carbons (Fsp3) is 0.353. The highest BCUT2D eigenvalue weighted by Gasteiger charge is 2.41. The van der Waals surface area contributed by atoms with Crippen molar-refractivity contribution in [1.29, 1.82) is 0 Å². The van der Waals surface area contributed by atoms with Crippen molar-refractivity contribution in [2.24, 2.45) is 0 Å². The third kappa shape index (κ3) is 3.32. The number of carboxylic acids is 1. The number of carboxylic acid groups (broad SMARTS) is 1. The number of aromatic nitrogens is 1. The molecule has 1 aromatic heterocycles. The highest BCUT2D eigenvalue weighted by atomic mass is 32.2. The highest BCUT2D eigenvalue weighted by molar-refractivity contribution is 7.99. The fourth-order valence-corrected chi connectivity index (χ4v) is 4.79. The zero-order chi connectivity index (χ0) is 17.2. The molecule has 1 fully saturated rings. The lowest BCUT2D eigenvalue weighted by Gasteiger charge is -2.33. The molecule has 0 aliphatic carbocycles. The number of carbonyl (C=O) groups is 2. The van der Waals surface area contributed by atoms with E-state index in [1.807, 2.05) is 31.2 Å². The van der Waals surface area contributed by atoms with Crippen LogP contribution < -0.4 is 5.32 Å². The van der Waals surface area contributed by atoms with E-state index in [2.05, 4.69) is 10.3 Å². The Morgan fingerprint density at radius 3 is 2.62 bits per heavy atom. The standard InChI is InChI=1S/C17H18N2O3S2/c1-11-4-2-3-5-12(11)15-18-13(10-24-15)14(20)19-17(16(21)22)6-8-23-9-7-17/h2-5,10H,6-9H2,1H3,(H,19,20)(H,21,22). The van der Waals surface area contributed by atoms with Gasteiger partial charge < -0.3 is 10.4 Å². The second kappa shape index (κ2) is 6.94. The van der Waals surface area contributed by atoms with E-state index >= 15 is 0 Å². The highest BCUT2D eigenvalue weighted by Crippen LogP contribution is 2.29. The van der Waals surface area contributed by atoms with Crippen LogP contribution in [0.4, 0.5) is 0 Å². The van der Waals surface area contributed by atoms with E-state index in [1.54, 1.807) is 17.1 Å². The second-order valence-electron chi connectivity index (χ2n) is 5.81. The SMILES string of the molecule is Cc1ccccc1-c1nc(C(=O)NC2(C(=O)O)CCSCC2)cs1. The first-order chi connectivity index (χ1) is 11.5. The van der Waals surface area contributed by atoms with Crippen LogP contribution in [0.25, 0.3) is 10.6 Å². The molecular formula is C17H18N2O3S2. The summed E-state index contributed by atoms with van der Waals surface area (Å²) in [6.45, 7) is 2.00. The topological polar surface area (TPSA) is 79.3 Å². The first-order valence-electron chi connectivity index (χ1n) is 7.67. The van der Waals surface area contributed by atoms with E-state index in [0.29, 0.717) is 12.8 Å². The number of carbonyl (C=O) groups excluding carboxylic acids is 1. The molecule has 1 amide bonds. The summed E-state index contributed by atoms with van der Waals surface area (Å²) < 4.78 is 0. The average molecular weight is 362 g/mol. The van der Waals surface area contributed by atoms with Crippen molar-refractivity contribution in [3.8, 4) is 10.6 Å². The zero-order valence-electron chi connectivity index (χ0n) is 13.2. The van der Waals surface area contributed by atoms with Gasteiger partial charge in [0.2, 0.25) is 0 Å². The molecule has 5 nitrogen and oxygen atoms in total. The third-order valence-electron chi connectivity index (χ3n) is 4.22. The number of rotatable bonds is 4. The normalized spacial score (nSPS) is 16.5. The summed E-state index contributed by atoms with van der Waals surface area (Å²) in [5, 5.41) is 14.7. The Morgan fingerprint density at radius 2 is 1.96 bits per heavy atom. The number of thiazole rings is 1. The Balaban J connectivity index is 1.81. The maximum atomic E-state index is 12.5. The molecule has 0 atom stereocenters. The maximum Gasteiger partial charge on any atom is 0.329 e. The molecule has 1 aliphatic rings. The molecule has 0 saturated carbocycles. The van der Waals surface area contributed by atoms with Crippen LogP contribution in [0.5, 0.6) is 0 Å². The van der Waals surface area contributed by atoms with Gasteiger partial charge in [-0.1, -0.05) is 24.3 Å². The van der Waals surface area contributed by atoms with Gasteiger partial charge in [-0.3, -0.25) is 4.79 Å². The Bertz CT molecular complexity index is 767. The molecule has 3 rings (SSSR count). The molecule has 1 saturated heterocycles. The van der Waals surface area contributed by atoms with E-state index in [9.17, 15) is 14.7 Å². The molecule has 0 bridgehead atoms. The molecule has 2 heterocycles. The van der Waals surface area contributed by atoms with Crippen molar-refractivity contribution in [3.05, 3.63) is 40.9 Å². The monoisotopic (exact) mass is 362 g/mol. The van der Waals surface area contributed by atoms with Gasteiger partial charge in [0.05, 0.1) is 0 Å². The second-order valence-corrected chi connectivity index (χ2v) is 7.89. The lowest BCUT2D eigenvalue weighted by atomic mass is 9.92. The van der Waals surface area contributed by atoms with Crippen LogP contribution in [-0.2, 0) is 4.79 Å². The first kappa shape index (κ1) is 17.0. The predicted octanol–water partition coefficient (Wildman–Crippen LogP) is 3.20. The Kier molecular flexibility index (Phi) is 4.91. The van der Waals surface area contributed by atoms with Gasteiger partial charge in [0.25, 0.3) is 5.91 Å². The van der Waals surface area contributed by atoms with Crippen LogP contribution in [0, 0.1) is 6.92 Å². The van der Waals surface area contributed by atoms with E-state index < -0.39 is 17.4 Å². The molecule has 2 N–H and O–H groups in total. The summed E-state index contributed by atoms with van der Waals surface area (Å²) in [4.78, 5) is 28.6. The van der Waals surface area contributed by atoms with Gasteiger partial charge in [0.15, 0.2) is 0 Å². The summed E-state index contributed by atoms with van der Waals surface area (Å²) in [5.74, 6) is 0.0850. The summed E-state index contributed by atoms with van der Waals surface area (Å²) >= 11 is 3.10. The number of nitrogens with zero attached hydrogens (tertiary/aromatic N) is 1. The van der Waals surface area contributed by atoms with Crippen LogP contribution in [0.1, 0.15) is 28.9 Å². The van der Waals surface area contributed by atoms with Gasteiger partial charge >= 0.3 is 5.97 Å². The first-order valence-corrected chi connectivity index (χ1v) is 9.70. The van der Waals surface area contributed by atoms with Crippen LogP contribution in [0.3, 0.4) is 0 Å². The lowest BCUT2D eigenvalue weighted by molar-refractivity contribution is -0.144. The fourth-order valence-electron chi connectivity index (χ4n) is 2.71. The van der Waals surface area contributed by atoms with E-state index in [1.165, 1.54) is 11.3 Å². The van der Waals surface area contributed by atoms with E-state index in [-0.39, 0.29) is 5.69 Å². The lowest BCUT2D eigenvalue weighted by Crippen LogP contribution is -2.56. The molecule has 2 aromatic rings. The van der Waals surface area contributed by atoms with Crippen LogP contribution in [0.2, 0.25) is 0 Å². The number of aryl methyl sites for hydroxylation is 1. The van der Waals surface area contributed by atoms with Crippen molar-refractivity contribution >= 4 is 35.0 Å². The molecule has 126 valence electrons. The summed E-state index contributed by atoms with van der Waals surface area (Å²) in [7, 11) is 0. The Labute approximate surface area is 148 Å². The number of thioether (sulfide) groups is 1. The minimum absolute atomic E-state index is 0.275. The quantitative estimate of drug-likeness (QED) is 0.873. The molecule has 1 aliphatic heterocycles. The van der Waals surface area contributed by atoms with Crippen molar-refractivity contribution < 1.29 is 14.7 Å². The van der Waals surface area contributed by atoms with Crippen LogP contribution in [0.15, 0.2) is 29.6 Å². The third-order valence-corrected chi connectivity index (χ3v) is 6.08. The maximum absolute atomic E-state index is 12.5. The molecular weight excluding hydrogens is 344 g/mol. The van der Waals surface area contributed by atoms with Crippen molar-refractivity contribution in [2.75, 3.05) is 11.5 Å². The number of hydrogen-bond donors (Lipinski definition) is 2. The van der Waals surface area contributed by atoms with Gasteiger partial charge in [-0.05, 0) is 36.8 Å². The van der Waals surface area contributed by atoms with Crippen molar-refractivity contribution in [2.45, 2.75) is 25.3 Å². The van der Waals surface area contributed by atoms with Gasteiger partial charge in [-0.15, -0.1) is 11.3 Å². The largest absolute Gasteiger partial charge is 0.480 e. The minimum atomic E-state index is -1.17. The molecule has 7 heteroatoms. The summed E-state index contributed by atoms with van der Waals surface area (Å²) in [6, 6.07) is 7.85. The smallest absolute Gasteiger partial charge is 0.329 e. The van der Waals surface area contributed by atoms with Crippen LogP contribution >= 0.6 is 23.1 Å². The number of amides is 1. The zero-order valence-corrected chi connectivity index (χ0v) is 14.9. The molecule has 0 unspecified atom stereocenters. The van der Waals surface area contributed by atoms with Crippen molar-refractivity contribution in [3.63, 3.8) is 0 Å².